The third-order valence-electron chi connectivity index (χ3n) is 4.78. The van der Waals surface area contributed by atoms with Gasteiger partial charge in [-0.25, -0.2) is 9.48 Å². The van der Waals surface area contributed by atoms with E-state index in [1.54, 1.807) is 6.92 Å². The van der Waals surface area contributed by atoms with E-state index in [4.69, 9.17) is 0 Å². The van der Waals surface area contributed by atoms with Crippen LogP contribution in [0.15, 0.2) is 39.9 Å². The number of nitrogens with one attached hydrogen (secondary N) is 3. The summed E-state index contributed by atoms with van der Waals surface area (Å²) in [6.07, 6.45) is 1.18. The molecule has 1 amide bonds. The predicted molar refractivity (Wildman–Crippen MR) is 110 cm³/mol. The molecule has 2 heterocycles. The van der Waals surface area contributed by atoms with Crippen LogP contribution in [0.2, 0.25) is 0 Å². The molecule has 29 heavy (non-hydrogen) atoms. The van der Waals surface area contributed by atoms with Gasteiger partial charge in [-0.1, -0.05) is 12.1 Å². The smallest absolute Gasteiger partial charge is 0.325 e. The van der Waals surface area contributed by atoms with Crippen LogP contribution >= 0.6 is 0 Å². The highest BCUT2D eigenvalue weighted by molar-refractivity contribution is 5.76. The number of hydrogen-bond donors (Lipinski definition) is 3. The van der Waals surface area contributed by atoms with Crippen LogP contribution < -0.4 is 16.6 Å². The number of aromatic amines is 2. The fourth-order valence-corrected chi connectivity index (χ4v) is 3.29. The lowest BCUT2D eigenvalue weighted by Gasteiger charge is -2.08. The van der Waals surface area contributed by atoms with Crippen LogP contribution in [0.5, 0.6) is 0 Å². The average molecular weight is 395 g/mol. The molecule has 0 aliphatic rings. The molecule has 0 bridgehead atoms. The summed E-state index contributed by atoms with van der Waals surface area (Å²) in [7, 11) is 0. The minimum absolute atomic E-state index is 0.130. The lowest BCUT2D eigenvalue weighted by atomic mass is 10.1. The molecule has 0 fully saturated rings. The van der Waals surface area contributed by atoms with Gasteiger partial charge in [-0.3, -0.25) is 14.6 Å². The third kappa shape index (κ3) is 5.10. The molecule has 0 radical (unpaired) electrons. The topological polar surface area (TPSA) is 113 Å². The number of H-pyrrole nitrogens is 2. The second-order valence-electron chi connectivity index (χ2n) is 7.12. The molecule has 0 saturated heterocycles. The van der Waals surface area contributed by atoms with Gasteiger partial charge >= 0.3 is 5.69 Å². The normalized spacial score (nSPS) is 10.9. The maximum atomic E-state index is 12.1. The Bertz CT molecular complexity index is 1120. The monoisotopic (exact) mass is 395 g/mol. The summed E-state index contributed by atoms with van der Waals surface area (Å²) in [6, 6.07) is 10.1. The maximum absolute atomic E-state index is 12.1. The zero-order valence-electron chi connectivity index (χ0n) is 16.8. The summed E-state index contributed by atoms with van der Waals surface area (Å²) in [5.74, 6) is -0.130. The van der Waals surface area contributed by atoms with Crippen molar-refractivity contribution in [1.82, 2.24) is 25.1 Å². The highest BCUT2D eigenvalue weighted by atomic mass is 16.2. The largest absolute Gasteiger partial charge is 0.356 e. The quantitative estimate of drug-likeness (QED) is 0.562. The Balaban J connectivity index is 1.49. The molecule has 152 valence electrons. The minimum atomic E-state index is -0.537. The molecule has 0 aliphatic heterocycles. The average Bonchev–Trinajstić information content (AvgIpc) is 2.99. The van der Waals surface area contributed by atoms with Crippen molar-refractivity contribution < 1.29 is 4.79 Å². The number of nitrogens with zero attached hydrogens (tertiary/aromatic N) is 2. The van der Waals surface area contributed by atoms with Crippen LogP contribution in [0.4, 0.5) is 0 Å². The number of carbonyl (C=O) groups excluding carboxylic acids is 1. The van der Waals surface area contributed by atoms with Gasteiger partial charge in [-0.15, -0.1) is 0 Å². The first-order valence-electron chi connectivity index (χ1n) is 9.55. The fraction of sp³-hybridized carbons (Fsp3) is 0.333. The van der Waals surface area contributed by atoms with Crippen molar-refractivity contribution >= 4 is 5.91 Å². The van der Waals surface area contributed by atoms with Crippen LogP contribution in [-0.2, 0) is 17.6 Å². The number of hydrogen-bond acceptors (Lipinski definition) is 4. The summed E-state index contributed by atoms with van der Waals surface area (Å²) in [6.45, 7) is 6.15. The number of benzene rings is 1. The van der Waals surface area contributed by atoms with E-state index in [0.717, 1.165) is 22.6 Å². The lowest BCUT2D eigenvalue weighted by Crippen LogP contribution is -2.29. The number of aromatic nitrogens is 4. The van der Waals surface area contributed by atoms with E-state index in [9.17, 15) is 14.4 Å². The molecule has 0 spiro atoms. The molecule has 0 aliphatic carbocycles. The van der Waals surface area contributed by atoms with Gasteiger partial charge < -0.3 is 10.3 Å². The van der Waals surface area contributed by atoms with Crippen molar-refractivity contribution in [3.63, 3.8) is 0 Å². The molecule has 8 nitrogen and oxygen atoms in total. The lowest BCUT2D eigenvalue weighted by molar-refractivity contribution is -0.121. The standard InChI is InChI=1S/C21H25N5O3/c1-13-12-14(2)26(25-13)17-6-4-16(5-7-17)10-11-22-19(27)9-8-18-15(3)23-21(29)24-20(18)28/h4-7,12H,8-11H2,1-3H3,(H,22,27)(H2,23,24,28,29). The first kappa shape index (κ1) is 20.3. The van der Waals surface area contributed by atoms with E-state index < -0.39 is 11.2 Å². The first-order valence-corrected chi connectivity index (χ1v) is 9.55. The van der Waals surface area contributed by atoms with Crippen LogP contribution in [0.25, 0.3) is 5.69 Å². The Kier molecular flexibility index (Phi) is 6.11. The Morgan fingerprint density at radius 1 is 1.07 bits per heavy atom. The van der Waals surface area contributed by atoms with Crippen molar-refractivity contribution in [2.75, 3.05) is 6.54 Å². The maximum Gasteiger partial charge on any atom is 0.325 e. The molecule has 2 aromatic heterocycles. The van der Waals surface area contributed by atoms with Gasteiger partial charge in [0.25, 0.3) is 5.56 Å². The van der Waals surface area contributed by atoms with E-state index in [1.165, 1.54) is 0 Å². The van der Waals surface area contributed by atoms with Gasteiger partial charge in [0.05, 0.1) is 11.4 Å². The first-order chi connectivity index (χ1) is 13.8. The van der Waals surface area contributed by atoms with Crippen LogP contribution in [-0.4, -0.2) is 32.2 Å². The summed E-state index contributed by atoms with van der Waals surface area (Å²) in [5, 5.41) is 7.34. The van der Waals surface area contributed by atoms with E-state index in [-0.39, 0.29) is 18.7 Å². The van der Waals surface area contributed by atoms with Crippen molar-refractivity contribution in [2.24, 2.45) is 0 Å². The second-order valence-corrected chi connectivity index (χ2v) is 7.12. The Morgan fingerprint density at radius 3 is 2.41 bits per heavy atom. The number of amides is 1. The number of rotatable bonds is 7. The molecule has 3 aromatic rings. The Morgan fingerprint density at radius 2 is 1.79 bits per heavy atom. The van der Waals surface area contributed by atoms with Gasteiger partial charge in [0.15, 0.2) is 0 Å². The zero-order valence-corrected chi connectivity index (χ0v) is 16.8. The highest BCUT2D eigenvalue weighted by Gasteiger charge is 2.09. The SMILES string of the molecule is Cc1cc(C)n(-c2ccc(CCNC(=O)CCc3c(C)[nH]c(=O)[nH]c3=O)cc2)n1. The molecular weight excluding hydrogens is 370 g/mol. The molecular formula is C21H25N5O3. The zero-order chi connectivity index (χ0) is 21.0. The second kappa shape index (κ2) is 8.72. The van der Waals surface area contributed by atoms with Gasteiger partial charge in [-0.05, 0) is 57.4 Å². The van der Waals surface area contributed by atoms with E-state index in [1.807, 2.05) is 48.9 Å². The third-order valence-corrected chi connectivity index (χ3v) is 4.78. The van der Waals surface area contributed by atoms with Crippen molar-refractivity contribution in [3.8, 4) is 5.69 Å². The number of aryl methyl sites for hydroxylation is 3. The van der Waals surface area contributed by atoms with Crippen molar-refractivity contribution in [1.29, 1.82) is 0 Å². The molecule has 0 unspecified atom stereocenters. The van der Waals surface area contributed by atoms with Crippen LogP contribution in [0, 0.1) is 20.8 Å². The summed E-state index contributed by atoms with van der Waals surface area (Å²) >= 11 is 0. The van der Waals surface area contributed by atoms with Gasteiger partial charge in [0.2, 0.25) is 5.91 Å². The van der Waals surface area contributed by atoms with Crippen molar-refractivity contribution in [3.05, 3.63) is 79.4 Å². The predicted octanol–water partition coefficient (Wildman–Crippen LogP) is 1.47. The molecule has 0 atom stereocenters. The van der Waals surface area contributed by atoms with E-state index >= 15 is 0 Å². The van der Waals surface area contributed by atoms with Crippen LogP contribution in [0.1, 0.15) is 34.6 Å². The van der Waals surface area contributed by atoms with Gasteiger partial charge in [-0.2, -0.15) is 5.10 Å². The highest BCUT2D eigenvalue weighted by Crippen LogP contribution is 2.13. The van der Waals surface area contributed by atoms with Crippen LogP contribution in [0.3, 0.4) is 0 Å². The fourth-order valence-electron chi connectivity index (χ4n) is 3.29. The minimum Gasteiger partial charge on any atom is -0.356 e. The molecule has 0 saturated carbocycles. The molecule has 3 N–H and O–H groups in total. The Labute approximate surface area is 168 Å². The number of carbonyl (C=O) groups is 1. The van der Waals surface area contributed by atoms with E-state index in [2.05, 4.69) is 20.4 Å². The molecule has 3 rings (SSSR count). The van der Waals surface area contributed by atoms with Crippen molar-refractivity contribution in [2.45, 2.75) is 40.0 Å². The molecule has 8 heteroatoms. The van der Waals surface area contributed by atoms with Gasteiger partial charge in [0.1, 0.15) is 0 Å². The summed E-state index contributed by atoms with van der Waals surface area (Å²) in [5.41, 5.74) is 4.13. The summed E-state index contributed by atoms with van der Waals surface area (Å²) < 4.78 is 1.90. The molecule has 1 aromatic carbocycles. The Hall–Kier alpha value is -3.42. The summed E-state index contributed by atoms with van der Waals surface area (Å²) in [4.78, 5) is 39.8. The van der Waals surface area contributed by atoms with Gasteiger partial charge in [0, 0.05) is 29.9 Å². The van der Waals surface area contributed by atoms with E-state index in [0.29, 0.717) is 24.2 Å².